The third kappa shape index (κ3) is 8.87. The molecular weight excluding hydrogens is 581 g/mol. The van der Waals surface area contributed by atoms with E-state index in [0.717, 1.165) is 36.4 Å². The van der Waals surface area contributed by atoms with Gasteiger partial charge in [-0.15, -0.1) is 0 Å². The van der Waals surface area contributed by atoms with Crippen molar-refractivity contribution in [1.82, 2.24) is 9.55 Å². The van der Waals surface area contributed by atoms with E-state index < -0.39 is 22.5 Å². The standard InChI is InChI=1S/C34H38FN3O5S/c1-5-6-17-42-18-19-43-29-12-7-25(8-13-29)27-20-26(34(41-4)31(35)21-27)9-16-33(39)37-28-10-14-30(15-11-28)44(40)22-32-24(2)36-23-38(32)3/h7-16,20-21,23H,5-6,17-19,22H2,1-4H3,(H,37,39)/b16-9+/t44-/m0/s1. The Labute approximate surface area is 260 Å². The topological polar surface area (TPSA) is 91.7 Å². The molecule has 0 saturated carbocycles. The first-order valence-electron chi connectivity index (χ1n) is 14.4. The van der Waals surface area contributed by atoms with Crippen molar-refractivity contribution >= 4 is 28.5 Å². The third-order valence-electron chi connectivity index (χ3n) is 6.94. The van der Waals surface area contributed by atoms with E-state index in [1.807, 2.05) is 42.8 Å². The number of methoxy groups -OCH3 is 1. The molecule has 10 heteroatoms. The Hall–Kier alpha value is -4.28. The minimum atomic E-state index is -1.26. The molecule has 1 aromatic heterocycles. The maximum absolute atomic E-state index is 15.0. The zero-order chi connectivity index (χ0) is 31.5. The van der Waals surface area contributed by atoms with Crippen molar-refractivity contribution in [3.63, 3.8) is 0 Å². The number of anilines is 1. The number of nitrogens with zero attached hydrogens (tertiary/aromatic N) is 2. The van der Waals surface area contributed by atoms with Crippen molar-refractivity contribution in [3.05, 3.63) is 95.8 Å². The van der Waals surface area contributed by atoms with E-state index in [-0.39, 0.29) is 5.75 Å². The first kappa shape index (κ1) is 32.6. The summed E-state index contributed by atoms with van der Waals surface area (Å²) in [5.41, 5.74) is 4.13. The first-order chi connectivity index (χ1) is 21.3. The second kappa shape index (κ2) is 16.0. The SMILES string of the molecule is CCCCOCCOc1ccc(-c2cc(F)c(OC)c(/C=C/C(=O)Nc3ccc([S@@](=O)Cc4c(C)ncn4C)cc3)c2)cc1. The zero-order valence-corrected chi connectivity index (χ0v) is 26.3. The fourth-order valence-electron chi connectivity index (χ4n) is 4.46. The van der Waals surface area contributed by atoms with Gasteiger partial charge in [0.2, 0.25) is 5.91 Å². The summed E-state index contributed by atoms with van der Waals surface area (Å²) in [5, 5.41) is 2.78. The van der Waals surface area contributed by atoms with Gasteiger partial charge in [-0.3, -0.25) is 9.00 Å². The molecule has 44 heavy (non-hydrogen) atoms. The molecule has 1 amide bonds. The number of carbonyl (C=O) groups excluding carboxylic acids is 1. The van der Waals surface area contributed by atoms with Crippen LogP contribution in [0.4, 0.5) is 10.1 Å². The van der Waals surface area contributed by atoms with Gasteiger partial charge in [-0.05, 0) is 79.1 Å². The van der Waals surface area contributed by atoms with Gasteiger partial charge in [0.15, 0.2) is 11.6 Å². The molecule has 1 atom stereocenters. The van der Waals surface area contributed by atoms with Crippen LogP contribution in [0.2, 0.25) is 0 Å². The largest absolute Gasteiger partial charge is 0.493 e. The average Bonchev–Trinajstić information content (AvgIpc) is 3.34. The molecule has 0 aliphatic heterocycles. The van der Waals surface area contributed by atoms with Crippen LogP contribution in [0.3, 0.4) is 0 Å². The minimum absolute atomic E-state index is 0.0383. The van der Waals surface area contributed by atoms with Gasteiger partial charge in [0.25, 0.3) is 0 Å². The monoisotopic (exact) mass is 619 g/mol. The van der Waals surface area contributed by atoms with E-state index >= 15 is 0 Å². The van der Waals surface area contributed by atoms with E-state index in [1.165, 1.54) is 25.3 Å². The molecule has 0 radical (unpaired) electrons. The molecule has 3 aromatic carbocycles. The highest BCUT2D eigenvalue weighted by molar-refractivity contribution is 7.84. The number of benzene rings is 3. The molecule has 232 valence electrons. The van der Waals surface area contributed by atoms with Gasteiger partial charge in [0.05, 0.1) is 48.0 Å². The van der Waals surface area contributed by atoms with Gasteiger partial charge in [0, 0.05) is 35.9 Å². The fourth-order valence-corrected chi connectivity index (χ4v) is 5.72. The number of hydrogen-bond donors (Lipinski definition) is 1. The Balaban J connectivity index is 1.38. The highest BCUT2D eigenvalue weighted by Crippen LogP contribution is 2.32. The van der Waals surface area contributed by atoms with Gasteiger partial charge >= 0.3 is 0 Å². The van der Waals surface area contributed by atoms with Crippen LogP contribution in [0.25, 0.3) is 17.2 Å². The number of aromatic nitrogens is 2. The summed E-state index contributed by atoms with van der Waals surface area (Å²) in [6, 6.07) is 17.4. The molecule has 1 N–H and O–H groups in total. The number of amides is 1. The lowest BCUT2D eigenvalue weighted by Gasteiger charge is -2.11. The predicted octanol–water partition coefficient (Wildman–Crippen LogP) is 6.70. The van der Waals surface area contributed by atoms with Crippen molar-refractivity contribution in [1.29, 1.82) is 0 Å². The Bertz CT molecular complexity index is 1580. The van der Waals surface area contributed by atoms with E-state index in [9.17, 15) is 13.4 Å². The smallest absolute Gasteiger partial charge is 0.248 e. The van der Waals surface area contributed by atoms with Crippen molar-refractivity contribution in [2.75, 3.05) is 32.2 Å². The van der Waals surface area contributed by atoms with Crippen LogP contribution in [0, 0.1) is 12.7 Å². The van der Waals surface area contributed by atoms with Gasteiger partial charge < -0.3 is 24.1 Å². The van der Waals surface area contributed by atoms with E-state index in [2.05, 4.69) is 17.2 Å². The molecule has 0 spiro atoms. The molecule has 0 fully saturated rings. The lowest BCUT2D eigenvalue weighted by Crippen LogP contribution is -2.08. The Morgan fingerprint density at radius 1 is 1.05 bits per heavy atom. The highest BCUT2D eigenvalue weighted by atomic mass is 32.2. The van der Waals surface area contributed by atoms with Crippen LogP contribution in [0.5, 0.6) is 11.5 Å². The maximum atomic E-state index is 15.0. The van der Waals surface area contributed by atoms with Crippen LogP contribution >= 0.6 is 0 Å². The lowest BCUT2D eigenvalue weighted by atomic mass is 10.0. The molecule has 0 aliphatic rings. The van der Waals surface area contributed by atoms with Crippen LogP contribution in [0.1, 0.15) is 36.7 Å². The van der Waals surface area contributed by atoms with Gasteiger partial charge in [-0.2, -0.15) is 0 Å². The number of rotatable bonds is 15. The summed E-state index contributed by atoms with van der Waals surface area (Å²) in [6.45, 7) is 5.70. The van der Waals surface area contributed by atoms with Crippen LogP contribution in [-0.2, 0) is 33.1 Å². The van der Waals surface area contributed by atoms with Gasteiger partial charge in [0.1, 0.15) is 12.4 Å². The normalized spacial score (nSPS) is 11.9. The van der Waals surface area contributed by atoms with Crippen molar-refractivity contribution in [2.24, 2.45) is 7.05 Å². The Morgan fingerprint density at radius 3 is 2.45 bits per heavy atom. The summed E-state index contributed by atoms with van der Waals surface area (Å²) in [5.74, 6) is 0.135. The van der Waals surface area contributed by atoms with Crippen LogP contribution in [-0.4, -0.2) is 46.6 Å². The van der Waals surface area contributed by atoms with Crippen LogP contribution < -0.4 is 14.8 Å². The molecular formula is C34H38FN3O5S. The summed E-state index contributed by atoms with van der Waals surface area (Å²) in [6.07, 6.45) is 6.65. The molecule has 0 unspecified atom stereocenters. The number of imidazole rings is 1. The number of nitrogens with one attached hydrogen (secondary N) is 1. The van der Waals surface area contributed by atoms with E-state index in [0.29, 0.717) is 46.4 Å². The molecule has 1 heterocycles. The zero-order valence-electron chi connectivity index (χ0n) is 25.5. The number of carbonyl (C=O) groups is 1. The van der Waals surface area contributed by atoms with Crippen molar-refractivity contribution in [2.45, 2.75) is 37.3 Å². The minimum Gasteiger partial charge on any atom is -0.493 e. The molecule has 4 aromatic rings. The summed E-state index contributed by atoms with van der Waals surface area (Å²) in [7, 11) is 2.00. The van der Waals surface area contributed by atoms with Crippen molar-refractivity contribution < 1.29 is 27.6 Å². The molecule has 0 aliphatic carbocycles. The Morgan fingerprint density at radius 2 is 1.80 bits per heavy atom. The van der Waals surface area contributed by atoms with E-state index in [1.54, 1.807) is 36.7 Å². The highest BCUT2D eigenvalue weighted by Gasteiger charge is 2.13. The van der Waals surface area contributed by atoms with Gasteiger partial charge in [-0.1, -0.05) is 25.5 Å². The number of hydrogen-bond acceptors (Lipinski definition) is 6. The average molecular weight is 620 g/mol. The van der Waals surface area contributed by atoms with Crippen molar-refractivity contribution in [3.8, 4) is 22.6 Å². The molecule has 0 saturated heterocycles. The molecule has 4 rings (SSSR count). The Kier molecular flexibility index (Phi) is 11.8. The first-order valence-corrected chi connectivity index (χ1v) is 15.7. The number of halogens is 1. The second-order valence-electron chi connectivity index (χ2n) is 10.1. The quantitative estimate of drug-likeness (QED) is 0.118. The molecule has 8 nitrogen and oxygen atoms in total. The third-order valence-corrected chi connectivity index (χ3v) is 8.27. The molecule has 0 bridgehead atoms. The predicted molar refractivity (Wildman–Crippen MR) is 172 cm³/mol. The fraction of sp³-hybridized carbons (Fsp3) is 0.294. The maximum Gasteiger partial charge on any atom is 0.248 e. The van der Waals surface area contributed by atoms with Crippen LogP contribution in [0.15, 0.2) is 78.0 Å². The summed E-state index contributed by atoms with van der Waals surface area (Å²) >= 11 is 0. The van der Waals surface area contributed by atoms with E-state index in [4.69, 9.17) is 14.2 Å². The number of aryl methyl sites for hydroxylation is 2. The van der Waals surface area contributed by atoms with Gasteiger partial charge in [-0.25, -0.2) is 9.37 Å². The number of unbranched alkanes of at least 4 members (excludes halogenated alkanes) is 1. The lowest BCUT2D eigenvalue weighted by molar-refractivity contribution is -0.111. The second-order valence-corrected chi connectivity index (χ2v) is 11.6. The summed E-state index contributed by atoms with van der Waals surface area (Å²) < 4.78 is 46.2. The number of ether oxygens (including phenoxy) is 3. The summed E-state index contributed by atoms with van der Waals surface area (Å²) in [4.78, 5) is 17.6.